The van der Waals surface area contributed by atoms with Crippen LogP contribution in [-0.4, -0.2) is 37.3 Å². The van der Waals surface area contributed by atoms with Crippen LogP contribution in [0, 0.1) is 0 Å². The van der Waals surface area contributed by atoms with Crippen LogP contribution in [0.25, 0.3) is 0 Å². The van der Waals surface area contributed by atoms with Crippen LogP contribution in [0.1, 0.15) is 41.8 Å². The van der Waals surface area contributed by atoms with Gasteiger partial charge in [-0.3, -0.25) is 4.79 Å². The summed E-state index contributed by atoms with van der Waals surface area (Å²) < 4.78 is 4.65. The summed E-state index contributed by atoms with van der Waals surface area (Å²) in [7, 11) is 1.33. The van der Waals surface area contributed by atoms with Crippen molar-refractivity contribution >= 4 is 18.1 Å². The smallest absolute Gasteiger partial charge is 0.337 e. The van der Waals surface area contributed by atoms with E-state index in [2.05, 4.69) is 27.3 Å². The quantitative estimate of drug-likeness (QED) is 0.410. The zero-order valence-electron chi connectivity index (χ0n) is 16.4. The van der Waals surface area contributed by atoms with Gasteiger partial charge in [0.25, 0.3) is 5.91 Å². The van der Waals surface area contributed by atoms with E-state index >= 15 is 0 Å². The fourth-order valence-corrected chi connectivity index (χ4v) is 2.51. The van der Waals surface area contributed by atoms with Gasteiger partial charge in [-0.2, -0.15) is 0 Å². The van der Waals surface area contributed by atoms with Gasteiger partial charge in [0.1, 0.15) is 0 Å². The van der Waals surface area contributed by atoms with E-state index in [0.717, 1.165) is 18.4 Å². The van der Waals surface area contributed by atoms with Crippen LogP contribution in [0.15, 0.2) is 59.8 Å². The maximum atomic E-state index is 12.2. The molecule has 0 bridgehead atoms. The first-order valence-corrected chi connectivity index (χ1v) is 9.21. The molecule has 148 valence electrons. The minimum absolute atomic E-state index is 0.0357. The van der Waals surface area contributed by atoms with Crippen molar-refractivity contribution in [3.8, 4) is 0 Å². The van der Waals surface area contributed by atoms with Gasteiger partial charge in [0, 0.05) is 6.04 Å². The van der Waals surface area contributed by atoms with Gasteiger partial charge in [0.05, 0.1) is 18.9 Å². The van der Waals surface area contributed by atoms with Gasteiger partial charge in [-0.25, -0.2) is 4.79 Å². The van der Waals surface area contributed by atoms with E-state index in [9.17, 15) is 9.59 Å². The van der Waals surface area contributed by atoms with Gasteiger partial charge in [0.15, 0.2) is 0 Å². The number of amides is 1. The standard InChI is InChI=1S/C22H26N2O4/c1-16(9-10-18-7-5-4-6-8-18)24-21(25)17(2)28-23-15-19-11-13-20(14-12-19)22(26)27-3/h4-8,11-17H,9-10H2,1-3H3,(H,24,25)/b23-15+. The fourth-order valence-electron chi connectivity index (χ4n) is 2.51. The van der Waals surface area contributed by atoms with Crippen molar-refractivity contribution in [2.75, 3.05) is 7.11 Å². The summed E-state index contributed by atoms with van der Waals surface area (Å²) in [6.45, 7) is 3.62. The molecular formula is C22H26N2O4. The molecular weight excluding hydrogens is 356 g/mol. The number of oxime groups is 1. The van der Waals surface area contributed by atoms with Crippen molar-refractivity contribution in [1.82, 2.24) is 5.32 Å². The Bertz CT molecular complexity index is 788. The predicted octanol–water partition coefficient (Wildman–Crippen LogP) is 3.35. The van der Waals surface area contributed by atoms with E-state index in [1.54, 1.807) is 31.2 Å². The van der Waals surface area contributed by atoms with Crippen molar-refractivity contribution < 1.29 is 19.2 Å². The highest BCUT2D eigenvalue weighted by molar-refractivity contribution is 5.90. The second-order valence-electron chi connectivity index (χ2n) is 6.53. The van der Waals surface area contributed by atoms with Gasteiger partial charge >= 0.3 is 5.97 Å². The van der Waals surface area contributed by atoms with Gasteiger partial charge in [0.2, 0.25) is 6.10 Å². The Morgan fingerprint density at radius 2 is 1.75 bits per heavy atom. The van der Waals surface area contributed by atoms with Crippen LogP contribution in [0.3, 0.4) is 0 Å². The third kappa shape index (κ3) is 6.87. The molecule has 0 saturated heterocycles. The molecule has 1 N–H and O–H groups in total. The van der Waals surface area contributed by atoms with Crippen LogP contribution >= 0.6 is 0 Å². The van der Waals surface area contributed by atoms with E-state index in [0.29, 0.717) is 5.56 Å². The zero-order valence-corrected chi connectivity index (χ0v) is 16.4. The second kappa shape index (κ2) is 10.9. The number of methoxy groups -OCH3 is 1. The molecule has 2 aromatic carbocycles. The molecule has 0 fully saturated rings. The Kier molecular flexibility index (Phi) is 8.21. The first-order chi connectivity index (χ1) is 13.5. The average Bonchev–Trinajstić information content (AvgIpc) is 2.72. The number of rotatable bonds is 9. The molecule has 0 heterocycles. The molecule has 0 spiro atoms. The predicted molar refractivity (Wildman–Crippen MR) is 108 cm³/mol. The Labute approximate surface area is 165 Å². The lowest BCUT2D eigenvalue weighted by Gasteiger charge is -2.16. The average molecular weight is 382 g/mol. The third-order valence-corrected chi connectivity index (χ3v) is 4.22. The van der Waals surface area contributed by atoms with E-state index in [4.69, 9.17) is 4.84 Å². The number of ether oxygens (including phenoxy) is 1. The summed E-state index contributed by atoms with van der Waals surface area (Å²) in [5.74, 6) is -0.606. The summed E-state index contributed by atoms with van der Waals surface area (Å²) in [5, 5.41) is 6.79. The summed E-state index contributed by atoms with van der Waals surface area (Å²) in [6.07, 6.45) is 2.53. The highest BCUT2D eigenvalue weighted by Crippen LogP contribution is 2.06. The number of carbonyl (C=O) groups excluding carboxylic acids is 2. The molecule has 2 unspecified atom stereocenters. The number of esters is 1. The molecule has 0 aliphatic rings. The number of aryl methyl sites for hydroxylation is 1. The minimum Gasteiger partial charge on any atom is -0.465 e. The van der Waals surface area contributed by atoms with Crippen molar-refractivity contribution in [2.45, 2.75) is 38.8 Å². The molecule has 0 aromatic heterocycles. The van der Waals surface area contributed by atoms with Crippen LogP contribution in [-0.2, 0) is 20.8 Å². The number of nitrogens with zero attached hydrogens (tertiary/aromatic N) is 1. The molecule has 0 aliphatic heterocycles. The highest BCUT2D eigenvalue weighted by atomic mass is 16.6. The van der Waals surface area contributed by atoms with Crippen molar-refractivity contribution in [3.63, 3.8) is 0 Å². The number of nitrogens with one attached hydrogen (secondary N) is 1. The first kappa shape index (κ1) is 21.2. The molecule has 2 rings (SSSR count). The normalized spacial score (nSPS) is 13.0. The molecule has 0 aliphatic carbocycles. The number of hydrogen-bond donors (Lipinski definition) is 1. The topological polar surface area (TPSA) is 77.0 Å². The van der Waals surface area contributed by atoms with Crippen molar-refractivity contribution in [1.29, 1.82) is 0 Å². The second-order valence-corrected chi connectivity index (χ2v) is 6.53. The molecule has 2 aromatic rings. The highest BCUT2D eigenvalue weighted by Gasteiger charge is 2.16. The van der Waals surface area contributed by atoms with Crippen molar-refractivity contribution in [3.05, 3.63) is 71.3 Å². The fraction of sp³-hybridized carbons (Fsp3) is 0.318. The van der Waals surface area contributed by atoms with Crippen LogP contribution in [0.2, 0.25) is 0 Å². The van der Waals surface area contributed by atoms with E-state index < -0.39 is 12.1 Å². The molecule has 1 amide bonds. The molecule has 0 saturated carbocycles. The Balaban J connectivity index is 1.75. The maximum Gasteiger partial charge on any atom is 0.337 e. The summed E-state index contributed by atoms with van der Waals surface area (Å²) in [5.41, 5.74) is 2.45. The SMILES string of the molecule is COC(=O)c1ccc(/C=N/OC(C)C(=O)NC(C)CCc2ccccc2)cc1. The molecule has 2 atom stereocenters. The van der Waals surface area contributed by atoms with Gasteiger partial charge < -0.3 is 14.9 Å². The summed E-state index contributed by atoms with van der Waals surface area (Å²) >= 11 is 0. The lowest BCUT2D eigenvalue weighted by atomic mass is 10.1. The Morgan fingerprint density at radius 3 is 2.39 bits per heavy atom. The van der Waals surface area contributed by atoms with Crippen LogP contribution in [0.5, 0.6) is 0 Å². The minimum atomic E-state index is -0.704. The monoisotopic (exact) mass is 382 g/mol. The molecule has 6 nitrogen and oxygen atoms in total. The largest absolute Gasteiger partial charge is 0.465 e. The van der Waals surface area contributed by atoms with Gasteiger partial charge in [-0.15, -0.1) is 0 Å². The summed E-state index contributed by atoms with van der Waals surface area (Å²) in [6, 6.07) is 16.9. The van der Waals surface area contributed by atoms with Gasteiger partial charge in [-0.05, 0) is 49.9 Å². The molecule has 0 radical (unpaired) electrons. The summed E-state index contributed by atoms with van der Waals surface area (Å²) in [4.78, 5) is 28.8. The Morgan fingerprint density at radius 1 is 1.07 bits per heavy atom. The first-order valence-electron chi connectivity index (χ1n) is 9.21. The molecule has 28 heavy (non-hydrogen) atoms. The van der Waals surface area contributed by atoms with E-state index in [1.807, 2.05) is 25.1 Å². The van der Waals surface area contributed by atoms with Crippen LogP contribution < -0.4 is 5.32 Å². The third-order valence-electron chi connectivity index (χ3n) is 4.22. The van der Waals surface area contributed by atoms with Crippen LogP contribution in [0.4, 0.5) is 0 Å². The zero-order chi connectivity index (χ0) is 20.4. The van der Waals surface area contributed by atoms with Crippen molar-refractivity contribution in [2.24, 2.45) is 5.16 Å². The maximum absolute atomic E-state index is 12.2. The lowest BCUT2D eigenvalue weighted by Crippen LogP contribution is -2.39. The number of benzene rings is 2. The Hall–Kier alpha value is -3.15. The number of hydrogen-bond acceptors (Lipinski definition) is 5. The van der Waals surface area contributed by atoms with E-state index in [1.165, 1.54) is 18.9 Å². The number of carbonyl (C=O) groups is 2. The van der Waals surface area contributed by atoms with Gasteiger partial charge in [-0.1, -0.05) is 47.6 Å². The lowest BCUT2D eigenvalue weighted by molar-refractivity contribution is -0.132. The van der Waals surface area contributed by atoms with E-state index in [-0.39, 0.29) is 11.9 Å². The molecule has 6 heteroatoms.